The molecule has 2 aromatic rings. The van der Waals surface area contributed by atoms with Gasteiger partial charge in [-0.2, -0.15) is 0 Å². The number of amides is 1. The number of rotatable bonds is 3. The van der Waals surface area contributed by atoms with E-state index in [1.807, 2.05) is 31.2 Å². The Kier molecular flexibility index (Phi) is 3.90. The minimum atomic E-state index is -0.733. The van der Waals surface area contributed by atoms with Gasteiger partial charge in [0.15, 0.2) is 0 Å². The largest absolute Gasteiger partial charge is 0.348 e. The minimum Gasteiger partial charge on any atom is -0.348 e. The molecule has 0 unspecified atom stereocenters. The van der Waals surface area contributed by atoms with Crippen LogP contribution in [0, 0.1) is 18.6 Å². The Balaban J connectivity index is 2.07. The number of aryl methyl sites for hydroxylation is 1. The van der Waals surface area contributed by atoms with E-state index in [1.54, 1.807) is 0 Å². The van der Waals surface area contributed by atoms with Crippen molar-refractivity contribution in [3.63, 3.8) is 0 Å². The first-order valence-corrected chi connectivity index (χ1v) is 5.85. The Hall–Kier alpha value is -2.23. The topological polar surface area (TPSA) is 29.1 Å². The third kappa shape index (κ3) is 3.37. The molecule has 0 aliphatic heterocycles. The second kappa shape index (κ2) is 5.61. The maximum atomic E-state index is 13.4. The number of halogens is 2. The molecule has 0 aliphatic carbocycles. The predicted octanol–water partition coefficient (Wildman–Crippen LogP) is 3.20. The number of carbonyl (C=O) groups is 1. The van der Waals surface area contributed by atoms with Gasteiger partial charge in [0.05, 0.1) is 5.56 Å². The smallest absolute Gasteiger partial charge is 0.254 e. The Morgan fingerprint density at radius 2 is 1.95 bits per heavy atom. The molecule has 2 nitrogen and oxygen atoms in total. The summed E-state index contributed by atoms with van der Waals surface area (Å²) in [6.07, 6.45) is 0. The maximum absolute atomic E-state index is 13.4. The second-order valence-electron chi connectivity index (χ2n) is 4.30. The lowest BCUT2D eigenvalue weighted by molar-refractivity contribution is 0.0946. The van der Waals surface area contributed by atoms with Crippen molar-refractivity contribution < 1.29 is 13.6 Å². The number of hydrogen-bond donors (Lipinski definition) is 1. The number of nitrogens with one attached hydrogen (secondary N) is 1. The number of carbonyl (C=O) groups excluding carboxylic acids is 1. The molecule has 2 rings (SSSR count). The first-order valence-electron chi connectivity index (χ1n) is 5.85. The predicted molar refractivity (Wildman–Crippen MR) is 68.7 cm³/mol. The Morgan fingerprint density at radius 3 is 2.68 bits per heavy atom. The number of benzene rings is 2. The zero-order valence-electron chi connectivity index (χ0n) is 10.4. The average Bonchev–Trinajstić information content (AvgIpc) is 2.39. The van der Waals surface area contributed by atoms with Crippen molar-refractivity contribution in [1.29, 1.82) is 0 Å². The summed E-state index contributed by atoms with van der Waals surface area (Å²) >= 11 is 0. The Bertz CT molecular complexity index is 611. The van der Waals surface area contributed by atoms with Crippen LogP contribution in [0.3, 0.4) is 0 Å². The molecule has 0 saturated carbocycles. The maximum Gasteiger partial charge on any atom is 0.254 e. The lowest BCUT2D eigenvalue weighted by Gasteiger charge is -2.07. The molecule has 1 N–H and O–H groups in total. The molecular weight excluding hydrogens is 248 g/mol. The van der Waals surface area contributed by atoms with Crippen LogP contribution in [0.4, 0.5) is 8.78 Å². The molecule has 0 bridgehead atoms. The molecule has 0 aromatic heterocycles. The van der Waals surface area contributed by atoms with E-state index < -0.39 is 17.5 Å². The van der Waals surface area contributed by atoms with Crippen molar-refractivity contribution in [3.05, 3.63) is 70.8 Å². The van der Waals surface area contributed by atoms with Gasteiger partial charge in [-0.1, -0.05) is 29.8 Å². The van der Waals surface area contributed by atoms with Gasteiger partial charge in [-0.3, -0.25) is 4.79 Å². The molecule has 4 heteroatoms. The fraction of sp³-hybridized carbons (Fsp3) is 0.133. The van der Waals surface area contributed by atoms with E-state index in [0.717, 1.165) is 29.3 Å². The molecule has 2 aromatic carbocycles. The molecule has 0 fully saturated rings. The molecular formula is C15H13F2NO. The second-order valence-corrected chi connectivity index (χ2v) is 4.30. The minimum absolute atomic E-state index is 0.274. The van der Waals surface area contributed by atoms with Crippen molar-refractivity contribution in [2.45, 2.75) is 13.5 Å². The summed E-state index contributed by atoms with van der Waals surface area (Å²) in [4.78, 5) is 11.8. The van der Waals surface area contributed by atoms with Crippen LogP contribution in [0.5, 0.6) is 0 Å². The molecule has 0 aliphatic rings. The van der Waals surface area contributed by atoms with Crippen LogP contribution in [-0.4, -0.2) is 5.91 Å². The van der Waals surface area contributed by atoms with Crippen molar-refractivity contribution in [1.82, 2.24) is 5.32 Å². The molecule has 19 heavy (non-hydrogen) atoms. The summed E-state index contributed by atoms with van der Waals surface area (Å²) < 4.78 is 26.4. The van der Waals surface area contributed by atoms with Crippen molar-refractivity contribution in [2.24, 2.45) is 0 Å². The first kappa shape index (κ1) is 13.2. The van der Waals surface area contributed by atoms with Crippen LogP contribution < -0.4 is 5.32 Å². The van der Waals surface area contributed by atoms with E-state index in [4.69, 9.17) is 0 Å². The summed E-state index contributed by atoms with van der Waals surface area (Å²) in [7, 11) is 0. The van der Waals surface area contributed by atoms with Gasteiger partial charge in [0.1, 0.15) is 11.6 Å². The molecule has 0 atom stereocenters. The highest BCUT2D eigenvalue weighted by Gasteiger charge is 2.12. The van der Waals surface area contributed by atoms with E-state index >= 15 is 0 Å². The summed E-state index contributed by atoms with van der Waals surface area (Å²) in [5, 5.41) is 2.56. The van der Waals surface area contributed by atoms with Crippen LogP contribution in [0.2, 0.25) is 0 Å². The lowest BCUT2D eigenvalue weighted by Crippen LogP contribution is -2.24. The van der Waals surface area contributed by atoms with E-state index in [-0.39, 0.29) is 12.1 Å². The highest BCUT2D eigenvalue weighted by Crippen LogP contribution is 2.10. The van der Waals surface area contributed by atoms with Gasteiger partial charge in [0, 0.05) is 6.54 Å². The summed E-state index contributed by atoms with van der Waals surface area (Å²) in [6.45, 7) is 2.22. The quantitative estimate of drug-likeness (QED) is 0.903. The molecule has 0 heterocycles. The van der Waals surface area contributed by atoms with Gasteiger partial charge < -0.3 is 5.32 Å². The first-order chi connectivity index (χ1) is 9.06. The lowest BCUT2D eigenvalue weighted by atomic mass is 10.1. The SMILES string of the molecule is Cc1cccc(CNC(=O)c2cc(F)ccc2F)c1. The van der Waals surface area contributed by atoms with E-state index in [0.29, 0.717) is 0 Å². The fourth-order valence-corrected chi connectivity index (χ4v) is 1.77. The zero-order valence-corrected chi connectivity index (χ0v) is 10.4. The molecule has 0 spiro atoms. The Labute approximate surface area is 110 Å². The van der Waals surface area contributed by atoms with E-state index in [1.165, 1.54) is 0 Å². The third-order valence-corrected chi connectivity index (χ3v) is 2.71. The normalized spacial score (nSPS) is 10.3. The van der Waals surface area contributed by atoms with Crippen LogP contribution in [0.15, 0.2) is 42.5 Å². The standard InChI is InChI=1S/C15H13F2NO/c1-10-3-2-4-11(7-10)9-18-15(19)13-8-12(16)5-6-14(13)17/h2-8H,9H2,1H3,(H,18,19). The molecule has 0 saturated heterocycles. The molecule has 0 radical (unpaired) electrons. The zero-order chi connectivity index (χ0) is 13.8. The van der Waals surface area contributed by atoms with E-state index in [9.17, 15) is 13.6 Å². The third-order valence-electron chi connectivity index (χ3n) is 2.71. The molecule has 98 valence electrons. The fourth-order valence-electron chi connectivity index (χ4n) is 1.77. The highest BCUT2D eigenvalue weighted by atomic mass is 19.1. The average molecular weight is 261 g/mol. The van der Waals surface area contributed by atoms with Crippen LogP contribution in [0.25, 0.3) is 0 Å². The monoisotopic (exact) mass is 261 g/mol. The Morgan fingerprint density at radius 1 is 1.16 bits per heavy atom. The van der Waals surface area contributed by atoms with Gasteiger partial charge in [0.25, 0.3) is 5.91 Å². The van der Waals surface area contributed by atoms with Gasteiger partial charge in [0.2, 0.25) is 0 Å². The van der Waals surface area contributed by atoms with Gasteiger partial charge in [-0.15, -0.1) is 0 Å². The van der Waals surface area contributed by atoms with Crippen LogP contribution in [0.1, 0.15) is 21.5 Å². The van der Waals surface area contributed by atoms with Crippen molar-refractivity contribution in [2.75, 3.05) is 0 Å². The highest BCUT2D eigenvalue weighted by molar-refractivity contribution is 5.94. The van der Waals surface area contributed by atoms with Gasteiger partial charge in [-0.05, 0) is 30.7 Å². The van der Waals surface area contributed by atoms with E-state index in [2.05, 4.69) is 5.32 Å². The van der Waals surface area contributed by atoms with Crippen molar-refractivity contribution in [3.8, 4) is 0 Å². The van der Waals surface area contributed by atoms with Gasteiger partial charge in [-0.25, -0.2) is 8.78 Å². The molecule has 1 amide bonds. The van der Waals surface area contributed by atoms with Crippen LogP contribution >= 0.6 is 0 Å². The summed E-state index contributed by atoms with van der Waals surface area (Å²) in [5.41, 5.74) is 1.70. The number of hydrogen-bond acceptors (Lipinski definition) is 1. The van der Waals surface area contributed by atoms with Crippen molar-refractivity contribution >= 4 is 5.91 Å². The van der Waals surface area contributed by atoms with Crippen LogP contribution in [-0.2, 0) is 6.54 Å². The summed E-state index contributed by atoms with van der Waals surface area (Å²) in [5.74, 6) is -2.00. The summed E-state index contributed by atoms with van der Waals surface area (Å²) in [6, 6.07) is 10.4. The van der Waals surface area contributed by atoms with Gasteiger partial charge >= 0.3 is 0 Å².